The molecule has 0 saturated carbocycles. The number of carbonyl (C=O) groups is 1. The molecule has 0 aliphatic heterocycles. The van der Waals surface area contributed by atoms with Crippen LogP contribution >= 0.6 is 0 Å². The van der Waals surface area contributed by atoms with Crippen LogP contribution in [0.1, 0.15) is 21.5 Å². The minimum Gasteiger partial charge on any atom is -0.465 e. The average Bonchev–Trinajstić information content (AvgIpc) is 2.44. The Kier molecular flexibility index (Phi) is 4.52. The van der Waals surface area contributed by atoms with Gasteiger partial charge in [0.15, 0.2) is 0 Å². The molecule has 5 heteroatoms. The van der Waals surface area contributed by atoms with Gasteiger partial charge in [-0.15, -0.1) is 0 Å². The molecule has 2 aromatic carbocycles. The van der Waals surface area contributed by atoms with Crippen molar-refractivity contribution in [1.29, 1.82) is 0 Å². The Balaban J connectivity index is 2.21. The molecular weight excluding hydrogens is 276 g/mol. The number of rotatable bonds is 4. The fourth-order valence-electron chi connectivity index (χ4n) is 2.00. The molecule has 0 aliphatic carbocycles. The SMILES string of the molecule is COC(=O)c1cc(C)ccc1NCc1cc(F)cc(F)c1. The smallest absolute Gasteiger partial charge is 0.339 e. The van der Waals surface area contributed by atoms with E-state index >= 15 is 0 Å². The Morgan fingerprint density at radius 2 is 1.81 bits per heavy atom. The van der Waals surface area contributed by atoms with Crippen LogP contribution in [0, 0.1) is 18.6 Å². The van der Waals surface area contributed by atoms with Gasteiger partial charge in [0.25, 0.3) is 0 Å². The van der Waals surface area contributed by atoms with Gasteiger partial charge in [-0.05, 0) is 36.8 Å². The number of esters is 1. The summed E-state index contributed by atoms with van der Waals surface area (Å²) in [4.78, 5) is 11.7. The number of hydrogen-bond acceptors (Lipinski definition) is 3. The van der Waals surface area contributed by atoms with Crippen LogP contribution in [0.25, 0.3) is 0 Å². The van der Waals surface area contributed by atoms with Gasteiger partial charge in [0.1, 0.15) is 11.6 Å². The van der Waals surface area contributed by atoms with Crippen molar-refractivity contribution in [3.8, 4) is 0 Å². The van der Waals surface area contributed by atoms with Crippen LogP contribution < -0.4 is 5.32 Å². The zero-order chi connectivity index (χ0) is 15.4. The second-order valence-electron chi connectivity index (χ2n) is 4.67. The normalized spacial score (nSPS) is 10.3. The first-order valence-electron chi connectivity index (χ1n) is 6.37. The molecule has 0 amide bonds. The van der Waals surface area contributed by atoms with Crippen molar-refractivity contribution in [3.05, 3.63) is 64.7 Å². The topological polar surface area (TPSA) is 38.3 Å². The highest BCUT2D eigenvalue weighted by molar-refractivity contribution is 5.95. The lowest BCUT2D eigenvalue weighted by Gasteiger charge is -2.12. The molecule has 2 rings (SSSR count). The molecule has 0 spiro atoms. The predicted octanol–water partition coefficient (Wildman–Crippen LogP) is 3.67. The van der Waals surface area contributed by atoms with Gasteiger partial charge in [-0.3, -0.25) is 0 Å². The average molecular weight is 291 g/mol. The Morgan fingerprint density at radius 1 is 1.14 bits per heavy atom. The van der Waals surface area contributed by atoms with Gasteiger partial charge in [-0.2, -0.15) is 0 Å². The first-order valence-corrected chi connectivity index (χ1v) is 6.37. The van der Waals surface area contributed by atoms with Gasteiger partial charge >= 0.3 is 5.97 Å². The van der Waals surface area contributed by atoms with Crippen molar-refractivity contribution in [2.75, 3.05) is 12.4 Å². The van der Waals surface area contributed by atoms with E-state index in [1.165, 1.54) is 19.2 Å². The quantitative estimate of drug-likeness (QED) is 0.873. The predicted molar refractivity (Wildman–Crippen MR) is 76.2 cm³/mol. The number of halogens is 2. The lowest BCUT2D eigenvalue weighted by atomic mass is 10.1. The number of methoxy groups -OCH3 is 1. The molecular formula is C16H15F2NO2. The number of benzene rings is 2. The maximum Gasteiger partial charge on any atom is 0.339 e. The third-order valence-electron chi connectivity index (χ3n) is 2.99. The summed E-state index contributed by atoms with van der Waals surface area (Å²) in [5.41, 5.74) is 2.30. The molecule has 0 aliphatic rings. The number of carbonyl (C=O) groups excluding carboxylic acids is 1. The van der Waals surface area contributed by atoms with E-state index in [1.807, 2.05) is 13.0 Å². The molecule has 0 heterocycles. The molecule has 0 unspecified atom stereocenters. The number of ether oxygens (including phenoxy) is 1. The van der Waals surface area contributed by atoms with Crippen LogP contribution in [-0.4, -0.2) is 13.1 Å². The molecule has 2 aromatic rings. The van der Waals surface area contributed by atoms with E-state index in [4.69, 9.17) is 4.74 Å². The van der Waals surface area contributed by atoms with Gasteiger partial charge in [0.05, 0.1) is 12.7 Å². The summed E-state index contributed by atoms with van der Waals surface area (Å²) in [6, 6.07) is 8.55. The number of nitrogens with one attached hydrogen (secondary N) is 1. The second-order valence-corrected chi connectivity index (χ2v) is 4.67. The zero-order valence-corrected chi connectivity index (χ0v) is 11.7. The molecule has 0 aromatic heterocycles. The van der Waals surface area contributed by atoms with Crippen LogP contribution in [0.15, 0.2) is 36.4 Å². The fraction of sp³-hybridized carbons (Fsp3) is 0.188. The number of hydrogen-bond donors (Lipinski definition) is 1. The van der Waals surface area contributed by atoms with Gasteiger partial charge in [-0.1, -0.05) is 11.6 Å². The summed E-state index contributed by atoms with van der Waals surface area (Å²) >= 11 is 0. The van der Waals surface area contributed by atoms with E-state index in [1.54, 1.807) is 12.1 Å². The van der Waals surface area contributed by atoms with Crippen LogP contribution in [-0.2, 0) is 11.3 Å². The molecule has 0 saturated heterocycles. The lowest BCUT2D eigenvalue weighted by Crippen LogP contribution is -2.09. The van der Waals surface area contributed by atoms with E-state index < -0.39 is 17.6 Å². The third-order valence-corrected chi connectivity index (χ3v) is 2.99. The minimum atomic E-state index is -0.635. The molecule has 0 bridgehead atoms. The van der Waals surface area contributed by atoms with E-state index in [-0.39, 0.29) is 6.54 Å². The van der Waals surface area contributed by atoms with Gasteiger partial charge < -0.3 is 10.1 Å². The summed E-state index contributed by atoms with van der Waals surface area (Å²) in [6.45, 7) is 2.06. The first kappa shape index (κ1) is 15.0. The molecule has 3 nitrogen and oxygen atoms in total. The van der Waals surface area contributed by atoms with Crippen LogP contribution in [0.2, 0.25) is 0 Å². The highest BCUT2D eigenvalue weighted by Gasteiger charge is 2.12. The van der Waals surface area contributed by atoms with Crippen molar-refractivity contribution in [2.24, 2.45) is 0 Å². The van der Waals surface area contributed by atoms with E-state index in [0.717, 1.165) is 11.6 Å². The van der Waals surface area contributed by atoms with Crippen molar-refractivity contribution in [3.63, 3.8) is 0 Å². The Hall–Kier alpha value is -2.43. The van der Waals surface area contributed by atoms with Gasteiger partial charge in [0, 0.05) is 18.3 Å². The maximum atomic E-state index is 13.1. The number of anilines is 1. The molecule has 0 fully saturated rings. The minimum absolute atomic E-state index is 0.196. The van der Waals surface area contributed by atoms with Gasteiger partial charge in [-0.25, -0.2) is 13.6 Å². The van der Waals surface area contributed by atoms with Crippen LogP contribution in [0.3, 0.4) is 0 Å². The highest BCUT2D eigenvalue weighted by atomic mass is 19.1. The van der Waals surface area contributed by atoms with E-state index in [0.29, 0.717) is 16.8 Å². The van der Waals surface area contributed by atoms with Crippen molar-refractivity contribution in [2.45, 2.75) is 13.5 Å². The Bertz CT molecular complexity index is 651. The van der Waals surface area contributed by atoms with Crippen molar-refractivity contribution in [1.82, 2.24) is 0 Å². The summed E-state index contributed by atoms with van der Waals surface area (Å²) in [6.07, 6.45) is 0. The summed E-state index contributed by atoms with van der Waals surface area (Å²) in [5.74, 6) is -1.74. The molecule has 0 atom stereocenters. The fourth-order valence-corrected chi connectivity index (χ4v) is 2.00. The number of aryl methyl sites for hydroxylation is 1. The standard InChI is InChI=1S/C16H15F2NO2/c1-10-3-4-15(14(5-10)16(20)21-2)19-9-11-6-12(17)8-13(18)7-11/h3-8,19H,9H2,1-2H3. The van der Waals surface area contributed by atoms with E-state index in [9.17, 15) is 13.6 Å². The largest absolute Gasteiger partial charge is 0.465 e. The van der Waals surface area contributed by atoms with E-state index in [2.05, 4.69) is 5.32 Å². The third kappa shape index (κ3) is 3.78. The van der Waals surface area contributed by atoms with Crippen molar-refractivity contribution < 1.29 is 18.3 Å². The van der Waals surface area contributed by atoms with Gasteiger partial charge in [0.2, 0.25) is 0 Å². The molecule has 0 radical (unpaired) electrons. The summed E-state index contributed by atoms with van der Waals surface area (Å²) in [5, 5.41) is 2.99. The van der Waals surface area contributed by atoms with Crippen molar-refractivity contribution >= 4 is 11.7 Å². The summed E-state index contributed by atoms with van der Waals surface area (Å²) in [7, 11) is 1.30. The zero-order valence-electron chi connectivity index (χ0n) is 11.7. The maximum absolute atomic E-state index is 13.1. The highest BCUT2D eigenvalue weighted by Crippen LogP contribution is 2.19. The Morgan fingerprint density at radius 3 is 2.43 bits per heavy atom. The summed E-state index contributed by atoms with van der Waals surface area (Å²) < 4.78 is 31.0. The molecule has 21 heavy (non-hydrogen) atoms. The lowest BCUT2D eigenvalue weighted by molar-refractivity contribution is 0.0601. The Labute approximate surface area is 121 Å². The van der Waals surface area contributed by atoms with Crippen LogP contribution in [0.4, 0.5) is 14.5 Å². The second kappa shape index (κ2) is 6.35. The molecule has 1 N–H and O–H groups in total. The monoisotopic (exact) mass is 291 g/mol. The first-order chi connectivity index (χ1) is 9.99. The molecule has 110 valence electrons. The van der Waals surface area contributed by atoms with Crippen LogP contribution in [0.5, 0.6) is 0 Å².